The molecule has 0 saturated heterocycles. The third-order valence-electron chi connectivity index (χ3n) is 3.43. The zero-order chi connectivity index (χ0) is 17.9. The Bertz CT molecular complexity index is 372. The van der Waals surface area contributed by atoms with Crippen molar-refractivity contribution in [3.63, 3.8) is 0 Å². The van der Waals surface area contributed by atoms with Gasteiger partial charge in [-0.2, -0.15) is 0 Å². The zero-order valence-electron chi connectivity index (χ0n) is 15.0. The minimum atomic E-state index is -0.969. The number of ether oxygens (including phenoxy) is 1. The van der Waals surface area contributed by atoms with E-state index in [1.165, 1.54) is 0 Å². The summed E-state index contributed by atoms with van der Waals surface area (Å²) < 4.78 is 4.84. The van der Waals surface area contributed by atoms with E-state index in [1.54, 1.807) is 0 Å². The molecular formula is C20H34O4. The number of esters is 1. The lowest BCUT2D eigenvalue weighted by atomic mass is 10.1. The van der Waals surface area contributed by atoms with Crippen LogP contribution in [0.2, 0.25) is 0 Å². The Labute approximate surface area is 146 Å². The molecule has 2 N–H and O–H groups in total. The van der Waals surface area contributed by atoms with Crippen molar-refractivity contribution < 1.29 is 19.7 Å². The first kappa shape index (κ1) is 22.6. The highest BCUT2D eigenvalue weighted by Crippen LogP contribution is 2.07. The number of hydrogen-bond acceptors (Lipinski definition) is 4. The molecule has 4 nitrogen and oxygen atoms in total. The zero-order valence-corrected chi connectivity index (χ0v) is 15.0. The highest BCUT2D eigenvalue weighted by atomic mass is 16.5. The Morgan fingerprint density at radius 2 is 1.58 bits per heavy atom. The minimum absolute atomic E-state index is 0.122. The van der Waals surface area contributed by atoms with Gasteiger partial charge in [-0.3, -0.25) is 4.79 Å². The second-order valence-corrected chi connectivity index (χ2v) is 5.77. The molecule has 0 aliphatic rings. The fourth-order valence-corrected chi connectivity index (χ4v) is 2.03. The number of rotatable bonds is 15. The molecule has 0 aromatic rings. The molecule has 1 unspecified atom stereocenters. The molecule has 0 radical (unpaired) electrons. The van der Waals surface area contributed by atoms with Crippen LogP contribution in [-0.4, -0.2) is 35.5 Å². The molecule has 0 heterocycles. The maximum absolute atomic E-state index is 11.3. The summed E-state index contributed by atoms with van der Waals surface area (Å²) in [5.41, 5.74) is 0. The monoisotopic (exact) mass is 338 g/mol. The van der Waals surface area contributed by atoms with Gasteiger partial charge in [-0.25, -0.2) is 0 Å². The SMILES string of the molecule is CCC=CCC=CCC=CCCCCCCC(=O)OCC(O)CO. The van der Waals surface area contributed by atoms with Gasteiger partial charge >= 0.3 is 5.97 Å². The van der Waals surface area contributed by atoms with Gasteiger partial charge in [0, 0.05) is 6.42 Å². The molecule has 138 valence electrons. The summed E-state index contributed by atoms with van der Waals surface area (Å²) in [7, 11) is 0. The van der Waals surface area contributed by atoms with Gasteiger partial charge in [0.2, 0.25) is 0 Å². The van der Waals surface area contributed by atoms with Crippen molar-refractivity contribution in [2.45, 2.75) is 70.8 Å². The average molecular weight is 338 g/mol. The van der Waals surface area contributed by atoms with Crippen LogP contribution in [0, 0.1) is 0 Å². The van der Waals surface area contributed by atoms with Gasteiger partial charge in [0.15, 0.2) is 0 Å². The summed E-state index contributed by atoms with van der Waals surface area (Å²) in [6.45, 7) is 1.63. The summed E-state index contributed by atoms with van der Waals surface area (Å²) in [5, 5.41) is 17.7. The summed E-state index contributed by atoms with van der Waals surface area (Å²) in [6.07, 6.45) is 20.8. The number of carbonyl (C=O) groups excluding carboxylic acids is 1. The topological polar surface area (TPSA) is 66.8 Å². The van der Waals surface area contributed by atoms with Crippen LogP contribution in [0.15, 0.2) is 36.5 Å². The summed E-state index contributed by atoms with van der Waals surface area (Å²) in [4.78, 5) is 11.3. The number of aliphatic hydroxyl groups is 2. The highest BCUT2D eigenvalue weighted by molar-refractivity contribution is 5.69. The third kappa shape index (κ3) is 17.0. The van der Waals surface area contributed by atoms with Crippen molar-refractivity contribution >= 4 is 5.97 Å². The Kier molecular flexibility index (Phi) is 16.9. The van der Waals surface area contributed by atoms with E-state index in [1.807, 2.05) is 0 Å². The summed E-state index contributed by atoms with van der Waals surface area (Å²) in [6, 6.07) is 0. The molecule has 0 saturated carbocycles. The molecule has 24 heavy (non-hydrogen) atoms. The van der Waals surface area contributed by atoms with Gasteiger partial charge in [0.1, 0.15) is 12.7 Å². The highest BCUT2D eigenvalue weighted by Gasteiger charge is 2.07. The first-order valence-corrected chi connectivity index (χ1v) is 9.10. The van der Waals surface area contributed by atoms with Gasteiger partial charge < -0.3 is 14.9 Å². The van der Waals surface area contributed by atoms with Gasteiger partial charge in [-0.15, -0.1) is 0 Å². The number of unbranched alkanes of at least 4 members (excludes halogenated alkanes) is 4. The molecule has 0 spiro atoms. The lowest BCUT2D eigenvalue weighted by molar-refractivity contribution is -0.147. The quantitative estimate of drug-likeness (QED) is 0.268. The van der Waals surface area contributed by atoms with Crippen molar-refractivity contribution in [1.29, 1.82) is 0 Å². The van der Waals surface area contributed by atoms with Crippen LogP contribution in [0.4, 0.5) is 0 Å². The van der Waals surface area contributed by atoms with E-state index in [4.69, 9.17) is 14.9 Å². The molecule has 4 heteroatoms. The van der Waals surface area contributed by atoms with Gasteiger partial charge in [0.25, 0.3) is 0 Å². The fourth-order valence-electron chi connectivity index (χ4n) is 2.03. The van der Waals surface area contributed by atoms with E-state index in [2.05, 4.69) is 43.4 Å². The van der Waals surface area contributed by atoms with E-state index in [0.29, 0.717) is 6.42 Å². The normalized spacial score (nSPS) is 13.3. The largest absolute Gasteiger partial charge is 0.463 e. The number of carbonyl (C=O) groups is 1. The second kappa shape index (κ2) is 18.0. The molecule has 0 rings (SSSR count). The summed E-state index contributed by atoms with van der Waals surface area (Å²) in [5.74, 6) is -0.303. The predicted octanol–water partition coefficient (Wildman–Crippen LogP) is 4.08. The maximum atomic E-state index is 11.3. The number of allylic oxidation sites excluding steroid dienone is 6. The van der Waals surface area contributed by atoms with E-state index < -0.39 is 6.10 Å². The Morgan fingerprint density at radius 1 is 0.958 bits per heavy atom. The maximum Gasteiger partial charge on any atom is 0.305 e. The Hall–Kier alpha value is -1.39. The van der Waals surface area contributed by atoms with E-state index in [0.717, 1.165) is 51.4 Å². The lowest BCUT2D eigenvalue weighted by Gasteiger charge is -2.08. The van der Waals surface area contributed by atoms with Gasteiger partial charge in [-0.05, 0) is 38.5 Å². The van der Waals surface area contributed by atoms with Crippen molar-refractivity contribution in [3.8, 4) is 0 Å². The smallest absolute Gasteiger partial charge is 0.305 e. The standard InChI is InChI=1S/C20H34O4/c1-2-3-4-5-6-7-8-9-10-11-12-13-14-15-16-20(23)24-18-19(22)17-21/h3-4,6-7,9-10,19,21-22H,2,5,8,11-18H2,1H3. The van der Waals surface area contributed by atoms with Crippen molar-refractivity contribution in [2.24, 2.45) is 0 Å². The molecule has 0 aromatic carbocycles. The predicted molar refractivity (Wildman–Crippen MR) is 98.7 cm³/mol. The van der Waals surface area contributed by atoms with Crippen molar-refractivity contribution in [1.82, 2.24) is 0 Å². The first-order valence-electron chi connectivity index (χ1n) is 9.10. The average Bonchev–Trinajstić information content (AvgIpc) is 2.59. The van der Waals surface area contributed by atoms with E-state index >= 15 is 0 Å². The molecule has 1 atom stereocenters. The Balaban J connectivity index is 3.36. The Morgan fingerprint density at radius 3 is 2.25 bits per heavy atom. The van der Waals surface area contributed by atoms with Crippen LogP contribution in [0.3, 0.4) is 0 Å². The third-order valence-corrected chi connectivity index (χ3v) is 3.43. The first-order chi connectivity index (χ1) is 11.7. The van der Waals surface area contributed by atoms with Crippen LogP contribution in [0.1, 0.15) is 64.7 Å². The van der Waals surface area contributed by atoms with Crippen LogP contribution in [0.5, 0.6) is 0 Å². The van der Waals surface area contributed by atoms with Crippen LogP contribution < -0.4 is 0 Å². The van der Waals surface area contributed by atoms with Crippen LogP contribution >= 0.6 is 0 Å². The van der Waals surface area contributed by atoms with E-state index in [-0.39, 0.29) is 19.2 Å². The van der Waals surface area contributed by atoms with Crippen LogP contribution in [0.25, 0.3) is 0 Å². The molecule has 0 aliphatic carbocycles. The van der Waals surface area contributed by atoms with Gasteiger partial charge in [-0.1, -0.05) is 56.2 Å². The lowest BCUT2D eigenvalue weighted by Crippen LogP contribution is -2.21. The molecule has 0 bridgehead atoms. The number of aliphatic hydroxyl groups excluding tert-OH is 2. The molecule has 0 aromatic heterocycles. The molecule has 0 fully saturated rings. The van der Waals surface area contributed by atoms with Crippen molar-refractivity contribution in [2.75, 3.05) is 13.2 Å². The van der Waals surface area contributed by atoms with Crippen LogP contribution in [-0.2, 0) is 9.53 Å². The molecule has 0 aliphatic heterocycles. The van der Waals surface area contributed by atoms with E-state index in [9.17, 15) is 4.79 Å². The molecule has 0 amide bonds. The van der Waals surface area contributed by atoms with Crippen molar-refractivity contribution in [3.05, 3.63) is 36.5 Å². The number of hydrogen-bond donors (Lipinski definition) is 2. The second-order valence-electron chi connectivity index (χ2n) is 5.77. The fraction of sp³-hybridized carbons (Fsp3) is 0.650. The molecular weight excluding hydrogens is 304 g/mol. The minimum Gasteiger partial charge on any atom is -0.463 e. The summed E-state index contributed by atoms with van der Waals surface area (Å²) >= 11 is 0. The van der Waals surface area contributed by atoms with Gasteiger partial charge in [0.05, 0.1) is 6.61 Å².